The SMILES string of the molecule is CC(C)Cc1ccc([C@H](C)[C@@H]2c3cc4c(cc3CCN2Cc2ccc(Cl)cc2)OCO4)cc1. The first-order valence-corrected chi connectivity index (χ1v) is 12.4. The maximum Gasteiger partial charge on any atom is 0.231 e. The van der Waals surface area contributed by atoms with Gasteiger partial charge in [-0.3, -0.25) is 4.90 Å². The van der Waals surface area contributed by atoms with Crippen molar-refractivity contribution in [1.82, 2.24) is 4.90 Å². The van der Waals surface area contributed by atoms with Crippen molar-refractivity contribution in [3.05, 3.63) is 93.5 Å². The molecule has 0 radical (unpaired) electrons. The number of nitrogens with zero attached hydrogens (tertiary/aromatic N) is 1. The summed E-state index contributed by atoms with van der Waals surface area (Å²) in [5.74, 6) is 2.75. The lowest BCUT2D eigenvalue weighted by Crippen LogP contribution is -2.37. The average molecular weight is 462 g/mol. The Morgan fingerprint density at radius 2 is 1.58 bits per heavy atom. The van der Waals surface area contributed by atoms with E-state index in [-0.39, 0.29) is 6.04 Å². The fraction of sp³-hybridized carbons (Fsp3) is 0.379. The van der Waals surface area contributed by atoms with Crippen molar-refractivity contribution in [2.24, 2.45) is 5.92 Å². The van der Waals surface area contributed by atoms with Gasteiger partial charge in [-0.25, -0.2) is 0 Å². The van der Waals surface area contributed by atoms with Gasteiger partial charge in [0.15, 0.2) is 11.5 Å². The summed E-state index contributed by atoms with van der Waals surface area (Å²) >= 11 is 6.14. The van der Waals surface area contributed by atoms with Crippen molar-refractivity contribution in [2.45, 2.75) is 52.1 Å². The molecule has 4 heteroatoms. The predicted molar refractivity (Wildman–Crippen MR) is 134 cm³/mol. The van der Waals surface area contributed by atoms with Crippen LogP contribution in [0.15, 0.2) is 60.7 Å². The van der Waals surface area contributed by atoms with Crippen LogP contribution in [0.2, 0.25) is 5.02 Å². The van der Waals surface area contributed by atoms with E-state index in [1.807, 2.05) is 12.1 Å². The third-order valence-corrected chi connectivity index (χ3v) is 7.19. The first-order chi connectivity index (χ1) is 16.0. The van der Waals surface area contributed by atoms with Crippen LogP contribution in [0, 0.1) is 5.92 Å². The summed E-state index contributed by atoms with van der Waals surface area (Å²) in [6, 6.07) is 22.2. The van der Waals surface area contributed by atoms with Gasteiger partial charge in [-0.05, 0) is 70.8 Å². The van der Waals surface area contributed by atoms with Crippen LogP contribution in [0.3, 0.4) is 0 Å². The van der Waals surface area contributed by atoms with Crippen molar-refractivity contribution in [3.8, 4) is 11.5 Å². The second kappa shape index (κ2) is 9.40. The van der Waals surface area contributed by atoms with E-state index in [2.05, 4.69) is 74.2 Å². The Morgan fingerprint density at radius 3 is 2.27 bits per heavy atom. The number of hydrogen-bond acceptors (Lipinski definition) is 3. The summed E-state index contributed by atoms with van der Waals surface area (Å²) in [5, 5.41) is 0.779. The molecule has 3 aromatic rings. The van der Waals surface area contributed by atoms with Crippen molar-refractivity contribution < 1.29 is 9.47 Å². The summed E-state index contributed by atoms with van der Waals surface area (Å²) < 4.78 is 11.4. The molecule has 0 aliphatic carbocycles. The molecule has 0 spiro atoms. The number of fused-ring (bicyclic) bond motifs is 2. The lowest BCUT2D eigenvalue weighted by molar-refractivity contribution is 0.154. The minimum absolute atomic E-state index is 0.259. The fourth-order valence-electron chi connectivity index (χ4n) is 5.29. The zero-order valence-electron chi connectivity index (χ0n) is 19.7. The molecule has 3 aromatic carbocycles. The monoisotopic (exact) mass is 461 g/mol. The van der Waals surface area contributed by atoms with Gasteiger partial charge >= 0.3 is 0 Å². The quantitative estimate of drug-likeness (QED) is 0.388. The predicted octanol–water partition coefficient (Wildman–Crippen LogP) is 7.17. The van der Waals surface area contributed by atoms with Gasteiger partial charge in [0.05, 0.1) is 0 Å². The summed E-state index contributed by atoms with van der Waals surface area (Å²) in [6.07, 6.45) is 2.13. The zero-order chi connectivity index (χ0) is 22.9. The first-order valence-electron chi connectivity index (χ1n) is 12.0. The topological polar surface area (TPSA) is 21.7 Å². The summed E-state index contributed by atoms with van der Waals surface area (Å²) in [5.41, 5.74) is 6.80. The molecule has 2 aliphatic rings. The zero-order valence-corrected chi connectivity index (χ0v) is 20.4. The minimum atomic E-state index is 0.259. The fourth-order valence-corrected chi connectivity index (χ4v) is 5.42. The van der Waals surface area contributed by atoms with E-state index in [9.17, 15) is 0 Å². The Bertz CT molecular complexity index is 1110. The highest BCUT2D eigenvalue weighted by Crippen LogP contribution is 2.45. The Morgan fingerprint density at radius 1 is 0.909 bits per heavy atom. The van der Waals surface area contributed by atoms with Crippen LogP contribution in [0.1, 0.15) is 60.5 Å². The van der Waals surface area contributed by atoms with Crippen molar-refractivity contribution in [3.63, 3.8) is 0 Å². The van der Waals surface area contributed by atoms with Gasteiger partial charge in [0.25, 0.3) is 0 Å². The highest BCUT2D eigenvalue weighted by atomic mass is 35.5. The van der Waals surface area contributed by atoms with Crippen LogP contribution in [0.4, 0.5) is 0 Å². The van der Waals surface area contributed by atoms with Crippen LogP contribution in [0.25, 0.3) is 0 Å². The molecule has 5 rings (SSSR count). The first kappa shape index (κ1) is 22.3. The molecule has 2 heterocycles. The summed E-state index contributed by atoms with van der Waals surface area (Å²) in [7, 11) is 0. The Kier molecular flexibility index (Phi) is 6.36. The van der Waals surface area contributed by atoms with Gasteiger partial charge < -0.3 is 9.47 Å². The van der Waals surface area contributed by atoms with E-state index in [4.69, 9.17) is 21.1 Å². The number of rotatable bonds is 6. The lowest BCUT2D eigenvalue weighted by Gasteiger charge is -2.41. The second-order valence-electron chi connectivity index (χ2n) is 9.82. The van der Waals surface area contributed by atoms with Crippen LogP contribution < -0.4 is 9.47 Å². The number of halogens is 1. The van der Waals surface area contributed by atoms with Gasteiger partial charge in [-0.2, -0.15) is 0 Å². The lowest BCUT2D eigenvalue weighted by atomic mass is 9.81. The second-order valence-corrected chi connectivity index (χ2v) is 10.3. The standard InChI is InChI=1S/C29H32ClNO2/c1-19(2)14-21-4-8-23(9-5-21)20(3)29-26-16-28-27(32-18-33-28)15-24(26)12-13-31(29)17-22-6-10-25(30)11-7-22/h4-11,15-16,19-20,29H,12-14,17-18H2,1-3H3/t20-,29+/m0/s1. The molecule has 2 atom stereocenters. The van der Waals surface area contributed by atoms with E-state index in [0.29, 0.717) is 18.6 Å². The smallest absolute Gasteiger partial charge is 0.231 e. The molecule has 3 nitrogen and oxygen atoms in total. The maximum atomic E-state index is 6.14. The molecule has 0 saturated carbocycles. The third-order valence-electron chi connectivity index (χ3n) is 6.94. The van der Waals surface area contributed by atoms with E-state index in [1.54, 1.807) is 0 Å². The highest BCUT2D eigenvalue weighted by molar-refractivity contribution is 6.30. The minimum Gasteiger partial charge on any atom is -0.454 e. The Balaban J connectivity index is 1.49. The van der Waals surface area contributed by atoms with Crippen molar-refractivity contribution >= 4 is 11.6 Å². The summed E-state index contributed by atoms with van der Waals surface area (Å²) in [4.78, 5) is 2.61. The van der Waals surface area contributed by atoms with E-state index < -0.39 is 0 Å². The third kappa shape index (κ3) is 4.76. The van der Waals surface area contributed by atoms with Gasteiger partial charge in [-0.1, -0.05) is 68.8 Å². The molecular formula is C29H32ClNO2. The largest absolute Gasteiger partial charge is 0.454 e. The number of ether oxygens (including phenoxy) is 2. The molecule has 2 aliphatic heterocycles. The van der Waals surface area contributed by atoms with Crippen LogP contribution in [0.5, 0.6) is 11.5 Å². The maximum absolute atomic E-state index is 6.14. The van der Waals surface area contributed by atoms with Crippen molar-refractivity contribution in [2.75, 3.05) is 13.3 Å². The van der Waals surface area contributed by atoms with E-state index in [1.165, 1.54) is 27.8 Å². The molecule has 0 N–H and O–H groups in total. The van der Waals surface area contributed by atoms with Gasteiger partial charge in [0.2, 0.25) is 6.79 Å². The Hall–Kier alpha value is -2.49. The molecule has 33 heavy (non-hydrogen) atoms. The highest BCUT2D eigenvalue weighted by Gasteiger charge is 2.34. The molecule has 0 unspecified atom stereocenters. The van der Waals surface area contributed by atoms with Crippen molar-refractivity contribution in [1.29, 1.82) is 0 Å². The normalized spacial score (nSPS) is 18.4. The number of hydrogen-bond donors (Lipinski definition) is 0. The molecule has 0 bridgehead atoms. The van der Waals surface area contributed by atoms with E-state index in [0.717, 1.165) is 42.5 Å². The van der Waals surface area contributed by atoms with Crippen LogP contribution in [-0.2, 0) is 19.4 Å². The van der Waals surface area contributed by atoms with Gasteiger partial charge in [-0.15, -0.1) is 0 Å². The van der Waals surface area contributed by atoms with Crippen LogP contribution in [-0.4, -0.2) is 18.2 Å². The van der Waals surface area contributed by atoms with E-state index >= 15 is 0 Å². The molecule has 172 valence electrons. The molecule has 0 amide bonds. The number of benzene rings is 3. The molecule has 0 fully saturated rings. The average Bonchev–Trinajstić information content (AvgIpc) is 3.26. The molecule has 0 aromatic heterocycles. The molecular weight excluding hydrogens is 430 g/mol. The van der Waals surface area contributed by atoms with Gasteiger partial charge in [0.1, 0.15) is 0 Å². The molecule has 0 saturated heterocycles. The Labute approximate surface area is 202 Å². The summed E-state index contributed by atoms with van der Waals surface area (Å²) in [6.45, 7) is 9.12. The van der Waals surface area contributed by atoms with Crippen LogP contribution >= 0.6 is 11.6 Å². The van der Waals surface area contributed by atoms with Gasteiger partial charge in [0, 0.05) is 30.1 Å².